The van der Waals surface area contributed by atoms with Crippen LogP contribution in [0.5, 0.6) is 0 Å². The van der Waals surface area contributed by atoms with E-state index in [0.717, 1.165) is 12.1 Å². The summed E-state index contributed by atoms with van der Waals surface area (Å²) in [5, 5.41) is 8.15. The first-order valence-electron chi connectivity index (χ1n) is 4.44. The fraction of sp³-hybridized carbons (Fsp3) is 0.375. The fourth-order valence-corrected chi connectivity index (χ4v) is 1.23. The summed E-state index contributed by atoms with van der Waals surface area (Å²) in [5.41, 5.74) is 6.49. The number of aryl methyl sites for hydroxylation is 1. The first-order chi connectivity index (χ1) is 6.78. The van der Waals surface area contributed by atoms with Crippen molar-refractivity contribution in [3.8, 4) is 0 Å². The van der Waals surface area contributed by atoms with E-state index in [1.165, 1.54) is 0 Å². The molecule has 0 aliphatic heterocycles. The van der Waals surface area contributed by atoms with Crippen molar-refractivity contribution in [2.45, 2.75) is 20.0 Å². The topological polar surface area (TPSA) is 74.5 Å². The summed E-state index contributed by atoms with van der Waals surface area (Å²) in [4.78, 5) is 3.84. The van der Waals surface area contributed by atoms with Crippen molar-refractivity contribution in [3.05, 3.63) is 24.3 Å². The van der Waals surface area contributed by atoms with E-state index < -0.39 is 0 Å². The van der Waals surface area contributed by atoms with Gasteiger partial charge < -0.3 is 5.73 Å². The number of nitrogens with zero attached hydrogens (tertiary/aromatic N) is 5. The zero-order valence-corrected chi connectivity index (χ0v) is 7.96. The highest BCUT2D eigenvalue weighted by atomic mass is 15.4. The minimum Gasteiger partial charge on any atom is -0.367 e. The molecular weight excluding hydrogens is 180 g/mol. The predicted octanol–water partition coefficient (Wildman–Crippen LogP) is 0.125. The maximum atomic E-state index is 5.40. The molecule has 0 radical (unpaired) electrons. The summed E-state index contributed by atoms with van der Waals surface area (Å²) in [6.07, 6.45) is 5.41. The van der Waals surface area contributed by atoms with E-state index in [4.69, 9.17) is 5.73 Å². The van der Waals surface area contributed by atoms with Crippen molar-refractivity contribution in [2.24, 2.45) is 0 Å². The van der Waals surface area contributed by atoms with E-state index in [-0.39, 0.29) is 0 Å². The Morgan fingerprint density at radius 1 is 1.43 bits per heavy atom. The molecule has 2 aromatic heterocycles. The van der Waals surface area contributed by atoms with Crippen LogP contribution in [0.15, 0.2) is 18.7 Å². The van der Waals surface area contributed by atoms with Crippen LogP contribution in [0.2, 0.25) is 0 Å². The van der Waals surface area contributed by atoms with Gasteiger partial charge >= 0.3 is 0 Å². The molecule has 0 spiro atoms. The summed E-state index contributed by atoms with van der Waals surface area (Å²) >= 11 is 0. The maximum absolute atomic E-state index is 5.40. The second-order valence-electron chi connectivity index (χ2n) is 3.00. The zero-order chi connectivity index (χ0) is 9.97. The lowest BCUT2D eigenvalue weighted by molar-refractivity contribution is 0.654. The number of aromatic nitrogens is 5. The molecule has 74 valence electrons. The number of hydrogen-bond acceptors (Lipinski definition) is 4. The normalized spacial score (nSPS) is 10.6. The molecule has 6 nitrogen and oxygen atoms in total. The maximum Gasteiger partial charge on any atom is 0.239 e. The van der Waals surface area contributed by atoms with E-state index in [0.29, 0.717) is 12.5 Å². The highest BCUT2D eigenvalue weighted by molar-refractivity contribution is 5.11. The summed E-state index contributed by atoms with van der Waals surface area (Å²) in [5.74, 6) is 0.299. The number of nitrogen functional groups attached to an aromatic ring is 1. The Bertz CT molecular complexity index is 415. The van der Waals surface area contributed by atoms with Crippen molar-refractivity contribution in [1.29, 1.82) is 0 Å². The lowest BCUT2D eigenvalue weighted by Crippen LogP contribution is -2.00. The Hall–Kier alpha value is -1.85. The van der Waals surface area contributed by atoms with Crippen LogP contribution < -0.4 is 5.73 Å². The lowest BCUT2D eigenvalue weighted by Gasteiger charge is -1.95. The minimum absolute atomic E-state index is 0.299. The third kappa shape index (κ3) is 1.73. The van der Waals surface area contributed by atoms with Gasteiger partial charge in [0.15, 0.2) is 0 Å². The highest BCUT2D eigenvalue weighted by Gasteiger charge is 2.00. The molecule has 2 aromatic rings. The van der Waals surface area contributed by atoms with Crippen LogP contribution in [0.4, 0.5) is 5.95 Å². The number of anilines is 1. The van der Waals surface area contributed by atoms with Crippen LogP contribution in [0.3, 0.4) is 0 Å². The van der Waals surface area contributed by atoms with Crippen LogP contribution >= 0.6 is 0 Å². The average Bonchev–Trinajstić information content (AvgIpc) is 2.76. The molecule has 0 saturated carbocycles. The van der Waals surface area contributed by atoms with Gasteiger partial charge in [-0.25, -0.2) is 9.67 Å². The minimum atomic E-state index is 0.299. The van der Waals surface area contributed by atoms with E-state index >= 15 is 0 Å². The van der Waals surface area contributed by atoms with Gasteiger partial charge in [0.25, 0.3) is 0 Å². The Morgan fingerprint density at radius 3 is 2.86 bits per heavy atom. The lowest BCUT2D eigenvalue weighted by atomic mass is 10.4. The molecule has 0 amide bonds. The Kier molecular flexibility index (Phi) is 2.18. The fourth-order valence-electron chi connectivity index (χ4n) is 1.23. The third-order valence-corrected chi connectivity index (χ3v) is 1.91. The molecule has 2 N–H and O–H groups in total. The molecular formula is C8H12N6. The second-order valence-corrected chi connectivity index (χ2v) is 3.00. The molecule has 0 saturated heterocycles. The summed E-state index contributed by atoms with van der Waals surface area (Å²) < 4.78 is 3.56. The molecule has 2 rings (SSSR count). The second kappa shape index (κ2) is 3.49. The molecule has 0 atom stereocenters. The Labute approximate surface area is 81.4 Å². The van der Waals surface area contributed by atoms with Gasteiger partial charge in [-0.05, 0) is 6.92 Å². The third-order valence-electron chi connectivity index (χ3n) is 1.91. The summed E-state index contributed by atoms with van der Waals surface area (Å²) in [6, 6.07) is 0. The standard InChI is InChI=1S/C8H12N6/c1-2-13-4-7(3-11-13)5-14-6-10-8(9)12-14/h3-4,6H,2,5H2,1H3,(H2,9,12). The first kappa shape index (κ1) is 8.74. The highest BCUT2D eigenvalue weighted by Crippen LogP contribution is 2.01. The Morgan fingerprint density at radius 2 is 2.29 bits per heavy atom. The van der Waals surface area contributed by atoms with E-state index in [9.17, 15) is 0 Å². The molecule has 14 heavy (non-hydrogen) atoms. The van der Waals surface area contributed by atoms with Crippen molar-refractivity contribution < 1.29 is 0 Å². The summed E-state index contributed by atoms with van der Waals surface area (Å²) in [6.45, 7) is 3.58. The monoisotopic (exact) mass is 192 g/mol. The van der Waals surface area contributed by atoms with Gasteiger partial charge in [-0.2, -0.15) is 5.10 Å². The predicted molar refractivity (Wildman–Crippen MR) is 51.4 cm³/mol. The van der Waals surface area contributed by atoms with E-state index in [1.54, 1.807) is 11.0 Å². The molecule has 2 heterocycles. The zero-order valence-electron chi connectivity index (χ0n) is 7.96. The van der Waals surface area contributed by atoms with Crippen LogP contribution in [-0.4, -0.2) is 24.5 Å². The SMILES string of the molecule is CCn1cc(Cn2cnc(N)n2)cn1. The first-order valence-corrected chi connectivity index (χ1v) is 4.44. The van der Waals surface area contributed by atoms with Crippen LogP contribution in [0.25, 0.3) is 0 Å². The molecule has 0 fully saturated rings. The van der Waals surface area contributed by atoms with Gasteiger partial charge in [-0.1, -0.05) is 0 Å². The average molecular weight is 192 g/mol. The molecule has 6 heteroatoms. The van der Waals surface area contributed by atoms with Crippen molar-refractivity contribution >= 4 is 5.95 Å². The van der Waals surface area contributed by atoms with Gasteiger partial charge in [-0.15, -0.1) is 5.10 Å². The number of nitrogens with two attached hydrogens (primary N) is 1. The van der Waals surface area contributed by atoms with Crippen LogP contribution in [0, 0.1) is 0 Å². The van der Waals surface area contributed by atoms with Gasteiger partial charge in [0.2, 0.25) is 5.95 Å². The smallest absolute Gasteiger partial charge is 0.239 e. The van der Waals surface area contributed by atoms with Gasteiger partial charge in [0.1, 0.15) is 6.33 Å². The van der Waals surface area contributed by atoms with Crippen molar-refractivity contribution in [1.82, 2.24) is 24.5 Å². The number of hydrogen-bond donors (Lipinski definition) is 1. The van der Waals surface area contributed by atoms with Crippen LogP contribution in [-0.2, 0) is 13.1 Å². The van der Waals surface area contributed by atoms with Crippen LogP contribution in [0.1, 0.15) is 12.5 Å². The largest absolute Gasteiger partial charge is 0.367 e. The van der Waals surface area contributed by atoms with Crippen molar-refractivity contribution in [3.63, 3.8) is 0 Å². The van der Waals surface area contributed by atoms with Crippen molar-refractivity contribution in [2.75, 3.05) is 5.73 Å². The quantitative estimate of drug-likeness (QED) is 0.749. The Balaban J connectivity index is 2.10. The molecule has 0 unspecified atom stereocenters. The molecule has 0 aromatic carbocycles. The number of rotatable bonds is 3. The molecule has 0 bridgehead atoms. The van der Waals surface area contributed by atoms with E-state index in [1.807, 2.05) is 24.0 Å². The molecule has 0 aliphatic carbocycles. The van der Waals surface area contributed by atoms with Gasteiger partial charge in [0, 0.05) is 18.3 Å². The summed E-state index contributed by atoms with van der Waals surface area (Å²) in [7, 11) is 0. The molecule has 0 aliphatic rings. The van der Waals surface area contributed by atoms with Gasteiger partial charge in [0.05, 0.1) is 12.7 Å². The van der Waals surface area contributed by atoms with Gasteiger partial charge in [-0.3, -0.25) is 4.68 Å². The van der Waals surface area contributed by atoms with E-state index in [2.05, 4.69) is 15.2 Å².